The van der Waals surface area contributed by atoms with Crippen LogP contribution in [0, 0.1) is 0 Å². The molecule has 1 aromatic heterocycles. The quantitative estimate of drug-likeness (QED) is 0.920. The highest BCUT2D eigenvalue weighted by Gasteiger charge is 2.09. The van der Waals surface area contributed by atoms with E-state index in [0.29, 0.717) is 6.04 Å². The lowest BCUT2D eigenvalue weighted by Crippen LogP contribution is -2.22. The van der Waals surface area contributed by atoms with Gasteiger partial charge in [0.05, 0.1) is 0 Å². The number of hydrogen-bond donors (Lipinski definition) is 1. The maximum Gasteiger partial charge on any atom is 0.195 e. The molecule has 6 heteroatoms. The lowest BCUT2D eigenvalue weighted by molar-refractivity contribution is 0.584. The SMILES string of the molecule is CC(C)NCc1cc(Cl)ccc1Sc1nncn1C. The molecule has 0 aliphatic carbocycles. The fraction of sp³-hybridized carbons (Fsp3) is 0.385. The summed E-state index contributed by atoms with van der Waals surface area (Å²) in [6, 6.07) is 6.36. The predicted octanol–water partition coefficient (Wildman–Crippen LogP) is 3.12. The zero-order chi connectivity index (χ0) is 13.8. The second-order valence-corrected chi connectivity index (χ2v) is 6.06. The first-order valence-electron chi connectivity index (χ1n) is 6.10. The van der Waals surface area contributed by atoms with Gasteiger partial charge in [-0.2, -0.15) is 0 Å². The van der Waals surface area contributed by atoms with E-state index in [0.717, 1.165) is 21.6 Å². The van der Waals surface area contributed by atoms with Gasteiger partial charge in [0.15, 0.2) is 5.16 Å². The number of benzene rings is 1. The Balaban J connectivity index is 2.21. The minimum Gasteiger partial charge on any atom is -0.311 e. The third kappa shape index (κ3) is 3.96. The maximum atomic E-state index is 6.08. The summed E-state index contributed by atoms with van der Waals surface area (Å²) in [5, 5.41) is 13.0. The maximum absolute atomic E-state index is 6.08. The van der Waals surface area contributed by atoms with Crippen LogP contribution in [0.25, 0.3) is 0 Å². The zero-order valence-electron chi connectivity index (χ0n) is 11.2. The molecule has 0 radical (unpaired) electrons. The molecule has 0 fully saturated rings. The van der Waals surface area contributed by atoms with Crippen LogP contribution >= 0.6 is 23.4 Å². The van der Waals surface area contributed by atoms with Gasteiger partial charge >= 0.3 is 0 Å². The summed E-state index contributed by atoms with van der Waals surface area (Å²) in [7, 11) is 1.93. The smallest absolute Gasteiger partial charge is 0.195 e. The summed E-state index contributed by atoms with van der Waals surface area (Å²) < 4.78 is 1.90. The first kappa shape index (κ1) is 14.4. The molecule has 0 aliphatic heterocycles. The first-order chi connectivity index (χ1) is 9.06. The largest absolute Gasteiger partial charge is 0.311 e. The van der Waals surface area contributed by atoms with Crippen molar-refractivity contribution in [2.45, 2.75) is 36.5 Å². The van der Waals surface area contributed by atoms with Crippen LogP contribution in [-0.4, -0.2) is 20.8 Å². The van der Waals surface area contributed by atoms with Crippen molar-refractivity contribution >= 4 is 23.4 Å². The molecule has 0 spiro atoms. The zero-order valence-corrected chi connectivity index (χ0v) is 12.8. The van der Waals surface area contributed by atoms with Gasteiger partial charge < -0.3 is 9.88 Å². The van der Waals surface area contributed by atoms with E-state index in [4.69, 9.17) is 11.6 Å². The predicted molar refractivity (Wildman–Crippen MR) is 78.6 cm³/mol. The van der Waals surface area contributed by atoms with Crippen LogP contribution in [0.2, 0.25) is 5.02 Å². The van der Waals surface area contributed by atoms with Crippen molar-refractivity contribution in [2.24, 2.45) is 7.05 Å². The molecule has 2 aromatic rings. The highest BCUT2D eigenvalue weighted by atomic mass is 35.5. The number of aromatic nitrogens is 3. The molecule has 0 atom stereocenters. The van der Waals surface area contributed by atoms with Gasteiger partial charge in [0.2, 0.25) is 0 Å². The van der Waals surface area contributed by atoms with Crippen molar-refractivity contribution in [2.75, 3.05) is 0 Å². The summed E-state index contributed by atoms with van der Waals surface area (Å²) in [5.74, 6) is 0. The Kier molecular flexibility index (Phi) is 4.85. The molecule has 0 aliphatic rings. The van der Waals surface area contributed by atoms with Crippen LogP contribution in [0.4, 0.5) is 0 Å². The van der Waals surface area contributed by atoms with Crippen LogP contribution in [0.3, 0.4) is 0 Å². The fourth-order valence-electron chi connectivity index (χ4n) is 1.56. The molecule has 0 saturated heterocycles. The van der Waals surface area contributed by atoms with Crippen LogP contribution in [0.15, 0.2) is 34.6 Å². The summed E-state index contributed by atoms with van der Waals surface area (Å²) in [6.07, 6.45) is 1.70. The van der Waals surface area contributed by atoms with Crippen LogP contribution in [-0.2, 0) is 13.6 Å². The van der Waals surface area contributed by atoms with Gasteiger partial charge in [-0.25, -0.2) is 0 Å². The van der Waals surface area contributed by atoms with E-state index >= 15 is 0 Å². The molecular formula is C13H17ClN4S. The van der Waals surface area contributed by atoms with Gasteiger partial charge in [-0.15, -0.1) is 10.2 Å². The topological polar surface area (TPSA) is 42.7 Å². The lowest BCUT2D eigenvalue weighted by atomic mass is 10.2. The highest BCUT2D eigenvalue weighted by Crippen LogP contribution is 2.30. The summed E-state index contributed by atoms with van der Waals surface area (Å²) >= 11 is 7.67. The van der Waals surface area contributed by atoms with Crippen molar-refractivity contribution in [3.05, 3.63) is 35.1 Å². The Morgan fingerprint density at radius 2 is 2.21 bits per heavy atom. The molecular weight excluding hydrogens is 280 g/mol. The first-order valence-corrected chi connectivity index (χ1v) is 7.29. The van der Waals surface area contributed by atoms with E-state index in [-0.39, 0.29) is 0 Å². The second-order valence-electron chi connectivity index (χ2n) is 4.61. The average Bonchev–Trinajstić information content (AvgIpc) is 2.75. The van der Waals surface area contributed by atoms with Gasteiger partial charge in [0.25, 0.3) is 0 Å². The minimum absolute atomic E-state index is 0.437. The Morgan fingerprint density at radius 1 is 1.42 bits per heavy atom. The number of aryl methyl sites for hydroxylation is 1. The second kappa shape index (κ2) is 6.41. The van der Waals surface area contributed by atoms with Crippen LogP contribution in [0.5, 0.6) is 0 Å². The molecule has 1 aromatic carbocycles. The molecule has 19 heavy (non-hydrogen) atoms. The summed E-state index contributed by atoms with van der Waals surface area (Å²) in [4.78, 5) is 1.15. The molecule has 1 N–H and O–H groups in total. The Labute approximate surface area is 122 Å². The van der Waals surface area contributed by atoms with E-state index in [1.807, 2.05) is 29.8 Å². The number of rotatable bonds is 5. The molecule has 102 valence electrons. The van der Waals surface area contributed by atoms with Gasteiger partial charge in [0, 0.05) is 29.6 Å². The van der Waals surface area contributed by atoms with Crippen molar-refractivity contribution in [3.8, 4) is 0 Å². The molecule has 2 rings (SSSR count). The molecule has 4 nitrogen and oxygen atoms in total. The minimum atomic E-state index is 0.437. The van der Waals surface area contributed by atoms with Crippen molar-refractivity contribution in [1.29, 1.82) is 0 Å². The van der Waals surface area contributed by atoms with Gasteiger partial charge in [-0.3, -0.25) is 0 Å². The fourth-order valence-corrected chi connectivity index (χ4v) is 2.63. The number of nitrogens with one attached hydrogen (secondary N) is 1. The third-order valence-corrected chi connectivity index (χ3v) is 4.00. The van der Waals surface area contributed by atoms with Crippen molar-refractivity contribution in [3.63, 3.8) is 0 Å². The highest BCUT2D eigenvalue weighted by molar-refractivity contribution is 7.99. The summed E-state index contributed by atoms with van der Waals surface area (Å²) in [5.41, 5.74) is 1.18. The van der Waals surface area contributed by atoms with Gasteiger partial charge in [0.1, 0.15) is 6.33 Å². The Morgan fingerprint density at radius 3 is 2.84 bits per heavy atom. The van der Waals surface area contributed by atoms with Gasteiger partial charge in [-0.05, 0) is 35.5 Å². The lowest BCUT2D eigenvalue weighted by Gasteiger charge is -2.12. The van der Waals surface area contributed by atoms with E-state index < -0.39 is 0 Å². The number of nitrogens with zero attached hydrogens (tertiary/aromatic N) is 3. The third-order valence-electron chi connectivity index (χ3n) is 2.59. The van der Waals surface area contributed by atoms with Crippen molar-refractivity contribution < 1.29 is 0 Å². The van der Waals surface area contributed by atoms with Crippen molar-refractivity contribution in [1.82, 2.24) is 20.1 Å². The standard InChI is InChI=1S/C13H17ClN4S/c1-9(2)15-7-10-6-11(14)4-5-12(10)19-13-17-16-8-18(13)3/h4-6,8-9,15H,7H2,1-3H3. The molecule has 0 unspecified atom stereocenters. The van der Waals surface area contributed by atoms with E-state index in [9.17, 15) is 0 Å². The Hall–Kier alpha value is -1.04. The average molecular weight is 297 g/mol. The van der Waals surface area contributed by atoms with E-state index in [1.165, 1.54) is 5.56 Å². The monoisotopic (exact) mass is 296 g/mol. The molecule has 0 saturated carbocycles. The number of hydrogen-bond acceptors (Lipinski definition) is 4. The van der Waals surface area contributed by atoms with Crippen LogP contribution < -0.4 is 5.32 Å². The molecule has 0 amide bonds. The Bertz CT molecular complexity index is 553. The number of halogens is 1. The van der Waals surface area contributed by atoms with Gasteiger partial charge in [-0.1, -0.05) is 25.4 Å². The molecule has 0 bridgehead atoms. The van der Waals surface area contributed by atoms with E-state index in [1.54, 1.807) is 18.1 Å². The van der Waals surface area contributed by atoms with Crippen LogP contribution in [0.1, 0.15) is 19.4 Å². The normalized spacial score (nSPS) is 11.2. The summed E-state index contributed by atoms with van der Waals surface area (Å²) in [6.45, 7) is 5.04. The van der Waals surface area contributed by atoms with E-state index in [2.05, 4.69) is 29.4 Å². The molecule has 1 heterocycles.